The van der Waals surface area contributed by atoms with Crippen LogP contribution < -0.4 is 5.32 Å². The molecular weight excluding hydrogens is 122 g/mol. The smallest absolute Gasteiger partial charge is 0.00147 e. The molecule has 1 saturated heterocycles. The fourth-order valence-corrected chi connectivity index (χ4v) is 1.34. The van der Waals surface area contributed by atoms with Crippen molar-refractivity contribution in [2.75, 3.05) is 13.1 Å². The maximum absolute atomic E-state index is 3.36. The summed E-state index contributed by atoms with van der Waals surface area (Å²) in [6, 6.07) is 0. The molecule has 1 heterocycles. The van der Waals surface area contributed by atoms with Crippen molar-refractivity contribution >= 4 is 0 Å². The van der Waals surface area contributed by atoms with Crippen molar-refractivity contribution in [1.29, 1.82) is 0 Å². The van der Waals surface area contributed by atoms with E-state index in [-0.39, 0.29) is 0 Å². The second kappa shape index (κ2) is 3.77. The van der Waals surface area contributed by atoms with Gasteiger partial charge in [-0.25, -0.2) is 0 Å². The average Bonchev–Trinajstić information content (AvgIpc) is 2.40. The van der Waals surface area contributed by atoms with Crippen molar-refractivity contribution in [2.45, 2.75) is 26.7 Å². The van der Waals surface area contributed by atoms with Gasteiger partial charge >= 0.3 is 0 Å². The van der Waals surface area contributed by atoms with Crippen LogP contribution in [-0.4, -0.2) is 13.1 Å². The zero-order valence-corrected chi connectivity index (χ0v) is 6.98. The van der Waals surface area contributed by atoms with Crippen LogP contribution in [0.15, 0.2) is 11.6 Å². The summed E-state index contributed by atoms with van der Waals surface area (Å²) in [4.78, 5) is 0. The Kier molecular flexibility index (Phi) is 2.94. The third-order valence-corrected chi connectivity index (χ3v) is 2.18. The molecule has 1 heteroatoms. The van der Waals surface area contributed by atoms with Crippen LogP contribution in [0.25, 0.3) is 0 Å². The minimum atomic E-state index is 0.819. The fourth-order valence-electron chi connectivity index (χ4n) is 1.34. The quantitative estimate of drug-likeness (QED) is 0.577. The van der Waals surface area contributed by atoms with Gasteiger partial charge in [-0.2, -0.15) is 0 Å². The Morgan fingerprint density at radius 3 is 3.00 bits per heavy atom. The number of rotatable bonds is 2. The van der Waals surface area contributed by atoms with Gasteiger partial charge in [0.1, 0.15) is 0 Å². The molecule has 0 spiro atoms. The molecule has 0 bridgehead atoms. The lowest BCUT2D eigenvalue weighted by molar-refractivity contribution is 0.718. The van der Waals surface area contributed by atoms with E-state index in [0.29, 0.717) is 0 Å². The molecule has 0 saturated carbocycles. The van der Waals surface area contributed by atoms with Gasteiger partial charge in [0.2, 0.25) is 0 Å². The van der Waals surface area contributed by atoms with Crippen LogP contribution in [0.4, 0.5) is 0 Å². The predicted molar refractivity (Wildman–Crippen MR) is 45.0 cm³/mol. The molecule has 0 aromatic carbocycles. The van der Waals surface area contributed by atoms with Crippen LogP contribution >= 0.6 is 0 Å². The first-order chi connectivity index (χ1) is 4.83. The highest BCUT2D eigenvalue weighted by atomic mass is 14.9. The molecule has 0 aliphatic carbocycles. The lowest BCUT2D eigenvalue weighted by Crippen LogP contribution is -2.07. The highest BCUT2D eigenvalue weighted by Gasteiger charge is 2.10. The fraction of sp³-hybridized carbons (Fsp3) is 0.778. The van der Waals surface area contributed by atoms with E-state index in [4.69, 9.17) is 0 Å². The maximum Gasteiger partial charge on any atom is 0.00147 e. The minimum absolute atomic E-state index is 0.819. The van der Waals surface area contributed by atoms with E-state index < -0.39 is 0 Å². The van der Waals surface area contributed by atoms with E-state index >= 15 is 0 Å². The minimum Gasteiger partial charge on any atom is -0.316 e. The Morgan fingerprint density at radius 1 is 1.70 bits per heavy atom. The highest BCUT2D eigenvalue weighted by Crippen LogP contribution is 2.12. The van der Waals surface area contributed by atoms with Gasteiger partial charge in [-0.05, 0) is 32.2 Å². The molecule has 1 atom stereocenters. The largest absolute Gasteiger partial charge is 0.316 e. The predicted octanol–water partition coefficient (Wildman–Crippen LogP) is 1.95. The van der Waals surface area contributed by atoms with Crippen molar-refractivity contribution in [3.05, 3.63) is 11.6 Å². The van der Waals surface area contributed by atoms with Gasteiger partial charge in [0.15, 0.2) is 0 Å². The molecule has 1 aliphatic heterocycles. The lowest BCUT2D eigenvalue weighted by atomic mass is 10.0. The van der Waals surface area contributed by atoms with Gasteiger partial charge in [0.25, 0.3) is 0 Å². The molecule has 0 radical (unpaired) electrons. The van der Waals surface area contributed by atoms with Crippen LogP contribution in [0.1, 0.15) is 26.7 Å². The van der Waals surface area contributed by atoms with E-state index in [0.717, 1.165) is 5.92 Å². The number of hydrogen-bond acceptors (Lipinski definition) is 1. The van der Waals surface area contributed by atoms with Crippen molar-refractivity contribution in [3.63, 3.8) is 0 Å². The Morgan fingerprint density at radius 2 is 2.50 bits per heavy atom. The molecule has 1 nitrogen and oxygen atoms in total. The summed E-state index contributed by atoms with van der Waals surface area (Å²) in [6.07, 6.45) is 4.95. The average molecular weight is 139 g/mol. The van der Waals surface area contributed by atoms with Crippen LogP contribution in [0.5, 0.6) is 0 Å². The Balaban J connectivity index is 2.34. The molecule has 10 heavy (non-hydrogen) atoms. The van der Waals surface area contributed by atoms with Crippen LogP contribution in [-0.2, 0) is 0 Å². The van der Waals surface area contributed by atoms with Gasteiger partial charge in [0, 0.05) is 6.54 Å². The standard InChI is InChI=1S/C9H17N/c1-3-8(2)6-9-4-5-10-7-9/h6,9-10H,3-5,7H2,1-2H3/b8-6+. The van der Waals surface area contributed by atoms with Crippen LogP contribution in [0.3, 0.4) is 0 Å². The second-order valence-corrected chi connectivity index (χ2v) is 3.12. The molecule has 1 aliphatic rings. The molecule has 58 valence electrons. The molecule has 0 aromatic rings. The number of hydrogen-bond donors (Lipinski definition) is 1. The monoisotopic (exact) mass is 139 g/mol. The van der Waals surface area contributed by atoms with Crippen LogP contribution in [0.2, 0.25) is 0 Å². The van der Waals surface area contributed by atoms with E-state index in [1.165, 1.54) is 31.5 Å². The zero-order valence-electron chi connectivity index (χ0n) is 6.98. The van der Waals surface area contributed by atoms with Crippen LogP contribution in [0, 0.1) is 5.92 Å². The van der Waals surface area contributed by atoms with Gasteiger partial charge in [0.05, 0.1) is 0 Å². The summed E-state index contributed by atoms with van der Waals surface area (Å²) in [5.74, 6) is 0.819. The van der Waals surface area contributed by atoms with Gasteiger partial charge < -0.3 is 5.32 Å². The second-order valence-electron chi connectivity index (χ2n) is 3.12. The summed E-state index contributed by atoms with van der Waals surface area (Å²) in [6.45, 7) is 6.84. The van der Waals surface area contributed by atoms with Crippen molar-refractivity contribution in [1.82, 2.24) is 5.32 Å². The maximum atomic E-state index is 3.36. The summed E-state index contributed by atoms with van der Waals surface area (Å²) >= 11 is 0. The molecule has 0 aromatic heterocycles. The lowest BCUT2D eigenvalue weighted by Gasteiger charge is -2.01. The van der Waals surface area contributed by atoms with E-state index in [1.807, 2.05) is 0 Å². The zero-order chi connectivity index (χ0) is 7.40. The number of allylic oxidation sites excluding steroid dienone is 1. The topological polar surface area (TPSA) is 12.0 Å². The molecule has 1 rings (SSSR count). The third-order valence-electron chi connectivity index (χ3n) is 2.18. The van der Waals surface area contributed by atoms with Crippen molar-refractivity contribution < 1.29 is 0 Å². The molecular formula is C9H17N. The number of nitrogens with one attached hydrogen (secondary N) is 1. The van der Waals surface area contributed by atoms with E-state index in [9.17, 15) is 0 Å². The normalized spacial score (nSPS) is 27.4. The Bertz CT molecular complexity index is 121. The molecule has 1 unspecified atom stereocenters. The first-order valence-electron chi connectivity index (χ1n) is 4.21. The summed E-state index contributed by atoms with van der Waals surface area (Å²) in [5, 5.41) is 3.36. The van der Waals surface area contributed by atoms with Crippen molar-refractivity contribution in [3.8, 4) is 0 Å². The van der Waals surface area contributed by atoms with Gasteiger partial charge in [-0.1, -0.05) is 18.6 Å². The third kappa shape index (κ3) is 2.14. The summed E-state index contributed by atoms with van der Waals surface area (Å²) < 4.78 is 0. The molecule has 1 fully saturated rings. The summed E-state index contributed by atoms with van der Waals surface area (Å²) in [5.41, 5.74) is 1.54. The SMILES string of the molecule is CC/C(C)=C/C1CCNC1. The van der Waals surface area contributed by atoms with E-state index in [1.54, 1.807) is 0 Å². The highest BCUT2D eigenvalue weighted by molar-refractivity contribution is 5.02. The first-order valence-corrected chi connectivity index (χ1v) is 4.21. The molecule has 1 N–H and O–H groups in total. The van der Waals surface area contributed by atoms with Crippen molar-refractivity contribution in [2.24, 2.45) is 5.92 Å². The molecule has 0 amide bonds. The Labute approximate surface area is 63.5 Å². The summed E-state index contributed by atoms with van der Waals surface area (Å²) in [7, 11) is 0. The van der Waals surface area contributed by atoms with Gasteiger partial charge in [-0.15, -0.1) is 0 Å². The van der Waals surface area contributed by atoms with E-state index in [2.05, 4.69) is 25.2 Å². The first kappa shape index (κ1) is 7.80. The van der Waals surface area contributed by atoms with Gasteiger partial charge in [-0.3, -0.25) is 0 Å². The Hall–Kier alpha value is -0.300.